The first kappa shape index (κ1) is 18.1. The Kier molecular flexibility index (Phi) is 9.67. The monoisotopic (exact) mass is 380 g/mol. The van der Waals surface area contributed by atoms with E-state index in [1.165, 1.54) is 57.8 Å². The van der Waals surface area contributed by atoms with Crippen molar-refractivity contribution >= 4 is 24.7 Å². The summed E-state index contributed by atoms with van der Waals surface area (Å²) in [6.07, 6.45) is 12.0. The van der Waals surface area contributed by atoms with Crippen LogP contribution in [0.2, 0.25) is 4.94 Å². The summed E-state index contributed by atoms with van der Waals surface area (Å²) in [4.78, 5) is 2.48. The zero-order valence-electron chi connectivity index (χ0n) is 14.0. The van der Waals surface area contributed by atoms with Crippen LogP contribution in [-0.2, 0) is 19.3 Å². The van der Waals surface area contributed by atoms with Gasteiger partial charge in [-0.15, -0.1) is 0 Å². The molecule has 0 atom stereocenters. The first-order valence-corrected chi connectivity index (χ1v) is 12.9. The normalized spacial score (nSPS) is 11.0. The molecule has 1 aromatic rings. The second-order valence-corrected chi connectivity index (χ2v) is 8.75. The molecular formula is C19H32Sn. The molecule has 0 fully saturated rings. The van der Waals surface area contributed by atoms with Gasteiger partial charge >= 0.3 is 137 Å². The van der Waals surface area contributed by atoms with Gasteiger partial charge in [-0.3, -0.25) is 0 Å². The van der Waals surface area contributed by atoms with Crippen LogP contribution in [0, 0.1) is 0 Å². The van der Waals surface area contributed by atoms with Gasteiger partial charge in [0, 0.05) is 0 Å². The molecule has 0 heterocycles. The number of benzene rings is 1. The molecule has 0 bridgehead atoms. The zero-order chi connectivity index (χ0) is 14.8. The van der Waals surface area contributed by atoms with E-state index in [0.29, 0.717) is 0 Å². The van der Waals surface area contributed by atoms with Crippen LogP contribution in [0.1, 0.15) is 76.0 Å². The van der Waals surface area contributed by atoms with E-state index in [-0.39, 0.29) is 21.1 Å². The summed E-state index contributed by atoms with van der Waals surface area (Å²) in [5.41, 5.74) is 5.21. The van der Waals surface area contributed by atoms with E-state index < -0.39 is 0 Å². The number of hydrogen-bond donors (Lipinski definition) is 0. The van der Waals surface area contributed by atoms with E-state index in [9.17, 15) is 0 Å². The number of hydrogen-bond acceptors (Lipinski definition) is 0. The molecule has 1 aromatic carbocycles. The van der Waals surface area contributed by atoms with Crippen LogP contribution in [0.3, 0.4) is 0 Å². The van der Waals surface area contributed by atoms with Gasteiger partial charge in [0.05, 0.1) is 0 Å². The number of unbranched alkanes of at least 4 members (excludes halogenated alkanes) is 3. The van der Waals surface area contributed by atoms with Crippen molar-refractivity contribution in [1.29, 1.82) is 0 Å². The fraction of sp³-hybridized carbons (Fsp3) is 0.684. The fourth-order valence-electron chi connectivity index (χ4n) is 2.88. The molecule has 1 rings (SSSR count). The maximum atomic E-state index is 2.48. The van der Waals surface area contributed by atoms with Crippen molar-refractivity contribution in [2.75, 3.05) is 0 Å². The summed E-state index contributed by atoms with van der Waals surface area (Å²) >= 11 is -0.321. The van der Waals surface area contributed by atoms with Gasteiger partial charge in [0.1, 0.15) is 0 Å². The van der Waals surface area contributed by atoms with E-state index in [4.69, 9.17) is 0 Å². The molecule has 0 aliphatic carbocycles. The Hall–Kier alpha value is 0.0187. The van der Waals surface area contributed by atoms with Gasteiger partial charge in [0.15, 0.2) is 0 Å². The van der Waals surface area contributed by atoms with E-state index in [2.05, 4.69) is 37.8 Å². The third kappa shape index (κ3) is 5.42. The van der Waals surface area contributed by atoms with Gasteiger partial charge in [-0.1, -0.05) is 0 Å². The van der Waals surface area contributed by atoms with Crippen molar-refractivity contribution in [3.8, 4) is 0 Å². The summed E-state index contributed by atoms with van der Waals surface area (Å²) < 4.78 is 1.77. The van der Waals surface area contributed by atoms with E-state index in [1.54, 1.807) is 20.3 Å². The minimum atomic E-state index is -0.321. The topological polar surface area (TPSA) is 0 Å². The van der Waals surface area contributed by atoms with Gasteiger partial charge in [-0.05, 0) is 0 Å². The Morgan fingerprint density at radius 3 is 1.85 bits per heavy atom. The Morgan fingerprint density at radius 1 is 0.750 bits per heavy atom. The molecule has 0 saturated heterocycles. The average Bonchev–Trinajstić information content (AvgIpc) is 2.48. The van der Waals surface area contributed by atoms with Crippen molar-refractivity contribution in [2.24, 2.45) is 0 Å². The molecule has 0 unspecified atom stereocenters. The maximum absolute atomic E-state index is 2.48. The van der Waals surface area contributed by atoms with Crippen LogP contribution in [-0.4, -0.2) is 21.1 Å². The molecule has 0 N–H and O–H groups in total. The van der Waals surface area contributed by atoms with Gasteiger partial charge in [-0.25, -0.2) is 0 Å². The van der Waals surface area contributed by atoms with Gasteiger partial charge in [-0.2, -0.15) is 0 Å². The van der Waals surface area contributed by atoms with Crippen molar-refractivity contribution in [2.45, 2.75) is 83.5 Å². The molecule has 2 radical (unpaired) electrons. The molecule has 0 spiro atoms. The second-order valence-electron chi connectivity index (χ2n) is 5.79. The molecule has 0 aliphatic heterocycles. The van der Waals surface area contributed by atoms with Crippen LogP contribution in [0.15, 0.2) is 12.1 Å². The SMILES string of the molecule is CCCCc1cc[c]([Sn][CH3])c(CCCC)c1CCCC. The van der Waals surface area contributed by atoms with Crippen molar-refractivity contribution in [3.63, 3.8) is 0 Å². The fourth-order valence-corrected chi connectivity index (χ4v) is 5.24. The zero-order valence-corrected chi connectivity index (χ0v) is 16.9. The van der Waals surface area contributed by atoms with Crippen molar-refractivity contribution in [1.82, 2.24) is 0 Å². The third-order valence-electron chi connectivity index (χ3n) is 4.16. The van der Waals surface area contributed by atoms with Gasteiger partial charge in [0.25, 0.3) is 0 Å². The Labute approximate surface area is 137 Å². The van der Waals surface area contributed by atoms with Gasteiger partial charge in [0.2, 0.25) is 0 Å². The molecule has 0 saturated carbocycles. The second kappa shape index (κ2) is 10.7. The van der Waals surface area contributed by atoms with E-state index in [1.807, 2.05) is 0 Å². The van der Waals surface area contributed by atoms with Crippen molar-refractivity contribution < 1.29 is 0 Å². The Morgan fingerprint density at radius 2 is 1.30 bits per heavy atom. The first-order chi connectivity index (χ1) is 9.78. The summed E-state index contributed by atoms with van der Waals surface area (Å²) in [6.45, 7) is 6.94. The predicted molar refractivity (Wildman–Crippen MR) is 93.5 cm³/mol. The quantitative estimate of drug-likeness (QED) is 0.497. The Bertz CT molecular complexity index is 382. The van der Waals surface area contributed by atoms with E-state index >= 15 is 0 Å². The first-order valence-electron chi connectivity index (χ1n) is 8.59. The summed E-state index contributed by atoms with van der Waals surface area (Å²) in [5.74, 6) is 0. The van der Waals surface area contributed by atoms with Crippen LogP contribution in [0.4, 0.5) is 0 Å². The molecule has 0 nitrogen and oxygen atoms in total. The van der Waals surface area contributed by atoms with Gasteiger partial charge < -0.3 is 0 Å². The summed E-state index contributed by atoms with van der Waals surface area (Å²) in [6, 6.07) is 4.95. The minimum absolute atomic E-state index is 0.321. The number of aryl methyl sites for hydroxylation is 1. The third-order valence-corrected chi connectivity index (χ3v) is 7.03. The molecular weight excluding hydrogens is 347 g/mol. The molecule has 112 valence electrons. The van der Waals surface area contributed by atoms with Crippen LogP contribution >= 0.6 is 0 Å². The average molecular weight is 379 g/mol. The van der Waals surface area contributed by atoms with E-state index in [0.717, 1.165) is 0 Å². The molecule has 1 heteroatoms. The molecule has 0 aliphatic rings. The standard InChI is InChI=1S/C18H29.CH3.Sn/c1-4-7-11-16-13-10-14-17(12-8-5-2)18(16)15-9-6-3;;/h10,13H,4-9,11-12,15H2,1-3H3;1H3;. The summed E-state index contributed by atoms with van der Waals surface area (Å²) in [5, 5.41) is 0. The van der Waals surface area contributed by atoms with Crippen LogP contribution < -0.4 is 3.58 Å². The predicted octanol–water partition coefficient (Wildman–Crippen LogP) is 5.09. The van der Waals surface area contributed by atoms with Crippen LogP contribution in [0.5, 0.6) is 0 Å². The Balaban J connectivity index is 3.09. The molecule has 20 heavy (non-hydrogen) atoms. The van der Waals surface area contributed by atoms with Crippen LogP contribution in [0.25, 0.3) is 0 Å². The molecule has 0 aromatic heterocycles. The molecule has 0 amide bonds. The summed E-state index contributed by atoms with van der Waals surface area (Å²) in [7, 11) is 0. The van der Waals surface area contributed by atoms with Crippen molar-refractivity contribution in [3.05, 3.63) is 28.8 Å². The number of rotatable bonds is 10.